The van der Waals surface area contributed by atoms with E-state index < -0.39 is 23.8 Å². The summed E-state index contributed by atoms with van der Waals surface area (Å²) < 4.78 is 26.2. The van der Waals surface area contributed by atoms with Gasteiger partial charge in [-0.2, -0.15) is 0 Å². The van der Waals surface area contributed by atoms with Crippen LogP contribution >= 0.6 is 0 Å². The molecule has 0 fully saturated rings. The average Bonchev–Trinajstić information content (AvgIpc) is 2.38. The maximum absolute atomic E-state index is 13.1. The molecule has 1 aromatic carbocycles. The largest absolute Gasteiger partial charge is 0.387 e. The van der Waals surface area contributed by atoms with Crippen molar-refractivity contribution in [3.8, 4) is 0 Å². The van der Waals surface area contributed by atoms with E-state index in [-0.39, 0.29) is 17.5 Å². The Hall–Kier alpha value is -1.00. The second kappa shape index (κ2) is 2.75. The molecule has 4 heteroatoms. The molecule has 13 heavy (non-hydrogen) atoms. The van der Waals surface area contributed by atoms with Gasteiger partial charge in [0.1, 0.15) is 11.6 Å². The van der Waals surface area contributed by atoms with Crippen molar-refractivity contribution in [1.29, 1.82) is 0 Å². The van der Waals surface area contributed by atoms with Gasteiger partial charge in [-0.15, -0.1) is 0 Å². The Labute approximate surface area is 74.0 Å². The Kier molecular flexibility index (Phi) is 1.82. The molecule has 2 rings (SSSR count). The number of aliphatic hydroxyl groups excluding tert-OH is 1. The van der Waals surface area contributed by atoms with Crippen LogP contribution in [0.25, 0.3) is 0 Å². The zero-order chi connectivity index (χ0) is 9.59. The Morgan fingerprint density at radius 2 is 1.92 bits per heavy atom. The molecular weight excluding hydrogens is 176 g/mol. The van der Waals surface area contributed by atoms with Crippen LogP contribution in [0.15, 0.2) is 12.1 Å². The lowest BCUT2D eigenvalue weighted by molar-refractivity contribution is 0.155. The lowest BCUT2D eigenvalue weighted by Gasteiger charge is -2.08. The molecule has 1 aliphatic carbocycles. The van der Waals surface area contributed by atoms with Gasteiger partial charge in [0.25, 0.3) is 0 Å². The number of rotatable bonds is 0. The number of benzene rings is 1. The maximum atomic E-state index is 13.1. The average molecular weight is 185 g/mol. The third-order valence-electron chi connectivity index (χ3n) is 2.39. The highest BCUT2D eigenvalue weighted by Crippen LogP contribution is 2.33. The van der Waals surface area contributed by atoms with E-state index in [4.69, 9.17) is 5.73 Å². The van der Waals surface area contributed by atoms with Crippen LogP contribution in [-0.4, -0.2) is 11.1 Å². The van der Waals surface area contributed by atoms with Crippen LogP contribution < -0.4 is 5.73 Å². The van der Waals surface area contributed by atoms with Gasteiger partial charge in [-0.25, -0.2) is 8.78 Å². The van der Waals surface area contributed by atoms with Gasteiger partial charge < -0.3 is 10.8 Å². The first-order valence-electron chi connectivity index (χ1n) is 4.01. The van der Waals surface area contributed by atoms with Crippen molar-refractivity contribution in [2.24, 2.45) is 5.73 Å². The number of nitrogens with two attached hydrogens (primary N) is 1. The molecular formula is C9H9F2NO. The predicted octanol–water partition coefficient (Wildman–Crippen LogP) is 0.882. The summed E-state index contributed by atoms with van der Waals surface area (Å²) >= 11 is 0. The zero-order valence-electron chi connectivity index (χ0n) is 6.80. The molecule has 2 atom stereocenters. The lowest BCUT2D eigenvalue weighted by atomic mass is 10.1. The monoisotopic (exact) mass is 185 g/mol. The first-order chi connectivity index (χ1) is 6.11. The standard InChI is InChI=1S/C9H9F2NO/c10-5-1-2-6(11)8-4(5)3-7(12)9(8)13/h1-2,7,9,13H,3,12H2. The van der Waals surface area contributed by atoms with Gasteiger partial charge in [-0.05, 0) is 24.1 Å². The van der Waals surface area contributed by atoms with E-state index in [0.717, 1.165) is 12.1 Å². The normalized spacial score (nSPS) is 26.2. The van der Waals surface area contributed by atoms with Crippen molar-refractivity contribution in [1.82, 2.24) is 0 Å². The topological polar surface area (TPSA) is 46.2 Å². The minimum absolute atomic E-state index is 0.0208. The van der Waals surface area contributed by atoms with E-state index in [2.05, 4.69) is 0 Å². The van der Waals surface area contributed by atoms with Gasteiger partial charge in [0.05, 0.1) is 6.10 Å². The fraction of sp³-hybridized carbons (Fsp3) is 0.333. The SMILES string of the molecule is NC1Cc2c(F)ccc(F)c2C1O. The van der Waals surface area contributed by atoms with Gasteiger partial charge >= 0.3 is 0 Å². The number of aliphatic hydroxyl groups is 1. The van der Waals surface area contributed by atoms with Gasteiger partial charge in [0.15, 0.2) is 0 Å². The van der Waals surface area contributed by atoms with E-state index in [1.807, 2.05) is 0 Å². The summed E-state index contributed by atoms with van der Waals surface area (Å²) in [5, 5.41) is 9.42. The molecule has 0 heterocycles. The molecule has 2 nitrogen and oxygen atoms in total. The summed E-state index contributed by atoms with van der Waals surface area (Å²) in [5.74, 6) is -1.08. The van der Waals surface area contributed by atoms with Crippen LogP contribution in [0.2, 0.25) is 0 Å². The van der Waals surface area contributed by atoms with E-state index in [1.165, 1.54) is 0 Å². The third kappa shape index (κ3) is 1.14. The smallest absolute Gasteiger partial charge is 0.129 e. The minimum atomic E-state index is -1.08. The second-order valence-electron chi connectivity index (χ2n) is 3.23. The molecule has 0 saturated heterocycles. The van der Waals surface area contributed by atoms with Crippen molar-refractivity contribution < 1.29 is 13.9 Å². The first-order valence-corrected chi connectivity index (χ1v) is 4.01. The highest BCUT2D eigenvalue weighted by molar-refractivity contribution is 5.38. The summed E-state index contributed by atoms with van der Waals surface area (Å²) in [6.07, 6.45) is -0.884. The summed E-state index contributed by atoms with van der Waals surface area (Å²) in [4.78, 5) is 0. The number of hydrogen-bond donors (Lipinski definition) is 2. The summed E-state index contributed by atoms with van der Waals surface area (Å²) in [6.45, 7) is 0. The number of fused-ring (bicyclic) bond motifs is 1. The molecule has 1 aromatic rings. The molecule has 1 aliphatic rings. The van der Waals surface area contributed by atoms with Crippen molar-refractivity contribution >= 4 is 0 Å². The molecule has 2 unspecified atom stereocenters. The molecule has 0 aliphatic heterocycles. The molecule has 3 N–H and O–H groups in total. The van der Waals surface area contributed by atoms with E-state index in [0.29, 0.717) is 0 Å². The fourth-order valence-electron chi connectivity index (χ4n) is 1.70. The van der Waals surface area contributed by atoms with Crippen LogP contribution in [0.1, 0.15) is 17.2 Å². The Morgan fingerprint density at radius 3 is 2.54 bits per heavy atom. The van der Waals surface area contributed by atoms with E-state index in [1.54, 1.807) is 0 Å². The molecule has 0 aromatic heterocycles. The van der Waals surface area contributed by atoms with E-state index in [9.17, 15) is 13.9 Å². The van der Waals surface area contributed by atoms with Crippen LogP contribution in [0, 0.1) is 11.6 Å². The summed E-state index contributed by atoms with van der Waals surface area (Å²) in [5.41, 5.74) is 5.71. The highest BCUT2D eigenvalue weighted by Gasteiger charge is 2.32. The van der Waals surface area contributed by atoms with Crippen LogP contribution in [0.5, 0.6) is 0 Å². The Balaban J connectivity index is 2.61. The molecule has 0 bridgehead atoms. The van der Waals surface area contributed by atoms with E-state index >= 15 is 0 Å². The Bertz CT molecular complexity index is 354. The quantitative estimate of drug-likeness (QED) is 0.630. The van der Waals surface area contributed by atoms with Crippen molar-refractivity contribution in [2.45, 2.75) is 18.6 Å². The van der Waals surface area contributed by atoms with Gasteiger partial charge in [0, 0.05) is 11.6 Å². The lowest BCUT2D eigenvalue weighted by Crippen LogP contribution is -2.24. The Morgan fingerprint density at radius 1 is 1.31 bits per heavy atom. The summed E-state index contributed by atoms with van der Waals surface area (Å²) in [7, 11) is 0. The zero-order valence-corrected chi connectivity index (χ0v) is 6.80. The van der Waals surface area contributed by atoms with Gasteiger partial charge in [0.2, 0.25) is 0 Å². The number of halogens is 2. The highest BCUT2D eigenvalue weighted by atomic mass is 19.1. The van der Waals surface area contributed by atoms with Crippen molar-refractivity contribution in [3.05, 3.63) is 34.9 Å². The summed E-state index contributed by atoms with van der Waals surface area (Å²) in [6, 6.07) is 1.47. The molecule has 0 radical (unpaired) electrons. The third-order valence-corrected chi connectivity index (χ3v) is 2.39. The van der Waals surface area contributed by atoms with Crippen LogP contribution in [0.4, 0.5) is 8.78 Å². The van der Waals surface area contributed by atoms with Crippen LogP contribution in [0.3, 0.4) is 0 Å². The van der Waals surface area contributed by atoms with Crippen LogP contribution in [-0.2, 0) is 6.42 Å². The maximum Gasteiger partial charge on any atom is 0.129 e. The molecule has 0 spiro atoms. The minimum Gasteiger partial charge on any atom is -0.387 e. The predicted molar refractivity (Wildman–Crippen MR) is 43.0 cm³/mol. The molecule has 0 amide bonds. The fourth-order valence-corrected chi connectivity index (χ4v) is 1.70. The number of hydrogen-bond acceptors (Lipinski definition) is 2. The molecule has 70 valence electrons. The second-order valence-corrected chi connectivity index (χ2v) is 3.23. The van der Waals surface area contributed by atoms with Gasteiger partial charge in [-0.1, -0.05) is 0 Å². The molecule has 0 saturated carbocycles. The van der Waals surface area contributed by atoms with Crippen molar-refractivity contribution in [2.75, 3.05) is 0 Å². The first kappa shape index (κ1) is 8.59. The van der Waals surface area contributed by atoms with Gasteiger partial charge in [-0.3, -0.25) is 0 Å². The van der Waals surface area contributed by atoms with Crippen molar-refractivity contribution in [3.63, 3.8) is 0 Å².